The van der Waals surface area contributed by atoms with Crippen molar-refractivity contribution >= 4 is 21.6 Å². The molecule has 2 aliphatic heterocycles. The molecule has 26 heavy (non-hydrogen) atoms. The molecule has 1 saturated heterocycles. The van der Waals surface area contributed by atoms with E-state index < -0.39 is 10.0 Å². The number of nitrogens with zero attached hydrogens (tertiary/aromatic N) is 3. The van der Waals surface area contributed by atoms with E-state index in [1.807, 2.05) is 24.9 Å². The number of benzene rings is 1. The van der Waals surface area contributed by atoms with Crippen LogP contribution < -0.4 is 4.31 Å². The first-order chi connectivity index (χ1) is 12.2. The van der Waals surface area contributed by atoms with Gasteiger partial charge in [0, 0.05) is 37.8 Å². The Balaban J connectivity index is 1.77. The fourth-order valence-corrected chi connectivity index (χ4v) is 5.50. The molecule has 2 aliphatic rings. The molecule has 1 fully saturated rings. The van der Waals surface area contributed by atoms with Crippen molar-refractivity contribution in [3.63, 3.8) is 0 Å². The van der Waals surface area contributed by atoms with E-state index in [0.717, 1.165) is 38.0 Å². The van der Waals surface area contributed by atoms with Gasteiger partial charge in [-0.05, 0) is 56.5 Å². The van der Waals surface area contributed by atoms with Crippen molar-refractivity contribution in [2.45, 2.75) is 45.2 Å². The summed E-state index contributed by atoms with van der Waals surface area (Å²) in [6, 6.07) is 5.57. The van der Waals surface area contributed by atoms with E-state index in [4.69, 9.17) is 0 Å². The summed E-state index contributed by atoms with van der Waals surface area (Å²) in [7, 11) is -1.42. The molecule has 7 heteroatoms. The monoisotopic (exact) mass is 379 g/mol. The van der Waals surface area contributed by atoms with E-state index >= 15 is 0 Å². The number of amides is 1. The quantitative estimate of drug-likeness (QED) is 0.802. The second-order valence-electron chi connectivity index (χ2n) is 7.54. The highest BCUT2D eigenvalue weighted by atomic mass is 32.2. The molecule has 3 rings (SSSR count). The molecule has 0 saturated carbocycles. The van der Waals surface area contributed by atoms with Crippen LogP contribution in [-0.4, -0.2) is 69.1 Å². The van der Waals surface area contributed by atoms with Crippen LogP contribution in [0.15, 0.2) is 18.2 Å². The second-order valence-corrected chi connectivity index (χ2v) is 9.40. The molecule has 1 aromatic carbocycles. The first-order valence-electron chi connectivity index (χ1n) is 9.34. The number of likely N-dealkylation sites (tertiary alicyclic amines) is 1. The molecule has 144 valence electrons. The van der Waals surface area contributed by atoms with Gasteiger partial charge >= 0.3 is 0 Å². The predicted octanol–water partition coefficient (Wildman–Crippen LogP) is 1.95. The average Bonchev–Trinajstić information content (AvgIpc) is 2.95. The molecule has 0 aliphatic carbocycles. The fraction of sp³-hybridized carbons (Fsp3) is 0.632. The van der Waals surface area contributed by atoms with Gasteiger partial charge in [0.05, 0.1) is 11.9 Å². The fourth-order valence-electron chi connectivity index (χ4n) is 4.23. The Bertz CT molecular complexity index is 785. The van der Waals surface area contributed by atoms with Crippen molar-refractivity contribution in [2.75, 3.05) is 37.2 Å². The zero-order valence-corrected chi connectivity index (χ0v) is 16.9. The maximum atomic E-state index is 12.9. The lowest BCUT2D eigenvalue weighted by Crippen LogP contribution is -2.45. The Labute approximate surface area is 156 Å². The second kappa shape index (κ2) is 7.19. The third-order valence-electron chi connectivity index (χ3n) is 5.71. The number of hydrogen-bond acceptors (Lipinski definition) is 4. The Morgan fingerprint density at radius 2 is 1.92 bits per heavy atom. The molecule has 6 nitrogen and oxygen atoms in total. The maximum absolute atomic E-state index is 12.9. The zero-order chi connectivity index (χ0) is 19.1. The van der Waals surface area contributed by atoms with Crippen molar-refractivity contribution in [3.05, 3.63) is 29.3 Å². The van der Waals surface area contributed by atoms with Crippen LogP contribution in [0, 0.1) is 0 Å². The van der Waals surface area contributed by atoms with Crippen LogP contribution in [0.4, 0.5) is 5.69 Å². The van der Waals surface area contributed by atoms with Gasteiger partial charge in [-0.2, -0.15) is 0 Å². The molecule has 2 heterocycles. The molecule has 1 amide bonds. The summed E-state index contributed by atoms with van der Waals surface area (Å²) in [6.07, 6.45) is 3.87. The van der Waals surface area contributed by atoms with Crippen molar-refractivity contribution < 1.29 is 13.2 Å². The van der Waals surface area contributed by atoms with Crippen molar-refractivity contribution in [2.24, 2.45) is 0 Å². The largest absolute Gasteiger partial charge is 0.339 e. The van der Waals surface area contributed by atoms with Crippen LogP contribution in [0.5, 0.6) is 0 Å². The number of fused-ring (bicyclic) bond motifs is 1. The van der Waals surface area contributed by atoms with Crippen LogP contribution in [0.2, 0.25) is 0 Å². The highest BCUT2D eigenvalue weighted by Gasteiger charge is 2.33. The number of anilines is 1. The van der Waals surface area contributed by atoms with Crippen molar-refractivity contribution in [1.29, 1.82) is 0 Å². The summed E-state index contributed by atoms with van der Waals surface area (Å²) in [5.74, 6) is 0.0215. The van der Waals surface area contributed by atoms with E-state index in [2.05, 4.69) is 11.8 Å². The van der Waals surface area contributed by atoms with Crippen molar-refractivity contribution in [3.8, 4) is 0 Å². The Morgan fingerprint density at radius 1 is 1.27 bits per heavy atom. The third-order valence-corrected chi connectivity index (χ3v) is 6.98. The molecule has 1 aromatic rings. The molecule has 0 bridgehead atoms. The minimum absolute atomic E-state index is 0.0215. The number of rotatable bonds is 4. The van der Waals surface area contributed by atoms with Gasteiger partial charge in [-0.25, -0.2) is 8.42 Å². The number of carbonyl (C=O) groups is 1. The molecule has 0 aromatic heterocycles. The minimum atomic E-state index is -3.31. The summed E-state index contributed by atoms with van der Waals surface area (Å²) in [4.78, 5) is 17.2. The summed E-state index contributed by atoms with van der Waals surface area (Å²) < 4.78 is 25.5. The molecule has 0 N–H and O–H groups in total. The van der Waals surface area contributed by atoms with Gasteiger partial charge in [-0.1, -0.05) is 6.92 Å². The Kier molecular flexibility index (Phi) is 5.30. The van der Waals surface area contributed by atoms with Gasteiger partial charge in [-0.15, -0.1) is 0 Å². The lowest BCUT2D eigenvalue weighted by molar-refractivity contribution is 0.0647. The smallest absolute Gasteiger partial charge is 0.253 e. The number of carbonyl (C=O) groups excluding carboxylic acids is 1. The standard InChI is InChI=1S/C19H29N3O3S/c1-5-21-10-8-17(9-11-21)20(3)19(23)15-6-7-18-16(13-15)12-14(2)22(18)26(4,24)25/h6-7,13-14,17H,5,8-12H2,1-4H3. The van der Waals surface area contributed by atoms with E-state index in [1.54, 1.807) is 12.1 Å². The lowest BCUT2D eigenvalue weighted by atomic mass is 10.0. The van der Waals surface area contributed by atoms with Crippen LogP contribution >= 0.6 is 0 Å². The molecular weight excluding hydrogens is 350 g/mol. The van der Waals surface area contributed by atoms with Gasteiger partial charge in [0.2, 0.25) is 10.0 Å². The predicted molar refractivity (Wildman–Crippen MR) is 104 cm³/mol. The average molecular weight is 380 g/mol. The van der Waals surface area contributed by atoms with Gasteiger partial charge in [-0.3, -0.25) is 9.10 Å². The van der Waals surface area contributed by atoms with E-state index in [-0.39, 0.29) is 18.0 Å². The third kappa shape index (κ3) is 3.60. The minimum Gasteiger partial charge on any atom is -0.339 e. The van der Waals surface area contributed by atoms with E-state index in [0.29, 0.717) is 17.7 Å². The van der Waals surface area contributed by atoms with Crippen LogP contribution in [0.3, 0.4) is 0 Å². The number of piperidine rings is 1. The molecule has 1 atom stereocenters. The van der Waals surface area contributed by atoms with Gasteiger partial charge in [0.25, 0.3) is 5.91 Å². The molecular formula is C19H29N3O3S. The van der Waals surface area contributed by atoms with Crippen molar-refractivity contribution in [1.82, 2.24) is 9.80 Å². The Hall–Kier alpha value is -1.60. The molecule has 0 spiro atoms. The van der Waals surface area contributed by atoms with Crippen LogP contribution in [0.1, 0.15) is 42.6 Å². The number of sulfonamides is 1. The van der Waals surface area contributed by atoms with Crippen LogP contribution in [-0.2, 0) is 16.4 Å². The highest BCUT2D eigenvalue weighted by molar-refractivity contribution is 7.92. The first-order valence-corrected chi connectivity index (χ1v) is 11.2. The zero-order valence-electron chi connectivity index (χ0n) is 16.1. The molecule has 1 unspecified atom stereocenters. The number of hydrogen-bond donors (Lipinski definition) is 0. The summed E-state index contributed by atoms with van der Waals surface area (Å²) >= 11 is 0. The maximum Gasteiger partial charge on any atom is 0.253 e. The highest BCUT2D eigenvalue weighted by Crippen LogP contribution is 2.35. The Morgan fingerprint density at radius 3 is 2.50 bits per heavy atom. The topological polar surface area (TPSA) is 60.9 Å². The summed E-state index contributed by atoms with van der Waals surface area (Å²) in [5, 5.41) is 0. The summed E-state index contributed by atoms with van der Waals surface area (Å²) in [5.41, 5.74) is 2.28. The molecule has 0 radical (unpaired) electrons. The normalized spacial score (nSPS) is 21.7. The lowest BCUT2D eigenvalue weighted by Gasteiger charge is -2.36. The van der Waals surface area contributed by atoms with Gasteiger partial charge in [0.1, 0.15) is 0 Å². The summed E-state index contributed by atoms with van der Waals surface area (Å²) in [6.45, 7) is 7.19. The van der Waals surface area contributed by atoms with E-state index in [1.165, 1.54) is 10.6 Å². The van der Waals surface area contributed by atoms with Gasteiger partial charge in [0.15, 0.2) is 0 Å². The van der Waals surface area contributed by atoms with E-state index in [9.17, 15) is 13.2 Å². The SMILES string of the molecule is CCN1CCC(N(C)C(=O)c2ccc3c(c2)CC(C)N3S(C)(=O)=O)CC1. The van der Waals surface area contributed by atoms with Crippen LogP contribution in [0.25, 0.3) is 0 Å². The van der Waals surface area contributed by atoms with Gasteiger partial charge < -0.3 is 9.80 Å². The first kappa shape index (κ1) is 19.2.